The van der Waals surface area contributed by atoms with Crippen LogP contribution < -0.4 is 4.74 Å². The van der Waals surface area contributed by atoms with Crippen molar-refractivity contribution in [2.24, 2.45) is 0 Å². The van der Waals surface area contributed by atoms with Crippen LogP contribution in [0.3, 0.4) is 0 Å². The van der Waals surface area contributed by atoms with E-state index in [1.165, 1.54) is 23.1 Å². The van der Waals surface area contributed by atoms with Crippen LogP contribution in [0.1, 0.15) is 40.9 Å². The van der Waals surface area contributed by atoms with Gasteiger partial charge in [0.2, 0.25) is 0 Å². The number of ether oxygens (including phenoxy) is 1. The van der Waals surface area contributed by atoms with Gasteiger partial charge in [-0.15, -0.1) is 13.2 Å². The topological polar surface area (TPSA) is 71.1 Å². The van der Waals surface area contributed by atoms with Crippen LogP contribution in [0.2, 0.25) is 0 Å². The number of carbonyl (C=O) groups excluding carboxylic acids is 1. The summed E-state index contributed by atoms with van der Waals surface area (Å²) >= 11 is 0. The highest BCUT2D eigenvalue weighted by Gasteiger charge is 2.37. The molecule has 1 aliphatic rings. The normalized spacial score (nSPS) is 18.0. The van der Waals surface area contributed by atoms with Gasteiger partial charge in [0.1, 0.15) is 11.6 Å². The Hall–Kier alpha value is -2.58. The number of halogens is 3. The van der Waals surface area contributed by atoms with Gasteiger partial charge in [0.25, 0.3) is 5.91 Å². The first kappa shape index (κ1) is 16.3. The average Bonchev–Trinajstić information content (AvgIpc) is 3.14. The number of carbonyl (C=O) groups is 1. The highest BCUT2D eigenvalue weighted by atomic mass is 19.4. The summed E-state index contributed by atoms with van der Waals surface area (Å²) in [6, 6.07) is 4.97. The number of hydrogen-bond donors (Lipinski definition) is 1. The Balaban J connectivity index is 1.88. The number of nitrogens with zero attached hydrogens (tertiary/aromatic N) is 3. The molecule has 24 heavy (non-hydrogen) atoms. The molecule has 3 rings (SSSR count). The molecule has 1 N–H and O–H groups in total. The monoisotopic (exact) mass is 340 g/mol. The van der Waals surface area contributed by atoms with Gasteiger partial charge >= 0.3 is 6.36 Å². The largest absolute Gasteiger partial charge is 0.573 e. The predicted molar refractivity (Wildman–Crippen MR) is 77.3 cm³/mol. The van der Waals surface area contributed by atoms with E-state index in [2.05, 4.69) is 19.9 Å². The highest BCUT2D eigenvalue weighted by molar-refractivity contribution is 5.97. The van der Waals surface area contributed by atoms with Crippen molar-refractivity contribution in [2.75, 3.05) is 6.54 Å². The van der Waals surface area contributed by atoms with Crippen LogP contribution in [-0.4, -0.2) is 38.9 Å². The van der Waals surface area contributed by atoms with E-state index in [4.69, 9.17) is 0 Å². The van der Waals surface area contributed by atoms with Crippen LogP contribution in [0.4, 0.5) is 13.2 Å². The van der Waals surface area contributed by atoms with E-state index in [1.807, 2.05) is 0 Å². The second-order valence-corrected chi connectivity index (χ2v) is 5.48. The van der Waals surface area contributed by atoms with Gasteiger partial charge in [0.05, 0.1) is 11.6 Å². The Morgan fingerprint density at radius 3 is 2.79 bits per heavy atom. The molecule has 0 radical (unpaired) electrons. The molecular weight excluding hydrogens is 325 g/mol. The summed E-state index contributed by atoms with van der Waals surface area (Å²) in [5, 5.41) is 6.78. The number of hydrogen-bond acceptors (Lipinski definition) is 4. The van der Waals surface area contributed by atoms with Crippen molar-refractivity contribution >= 4 is 5.91 Å². The summed E-state index contributed by atoms with van der Waals surface area (Å²) in [7, 11) is 0. The van der Waals surface area contributed by atoms with Crippen LogP contribution >= 0.6 is 0 Å². The molecule has 0 unspecified atom stereocenters. The number of aryl methyl sites for hydroxylation is 1. The first-order chi connectivity index (χ1) is 11.3. The molecule has 128 valence electrons. The minimum Gasteiger partial charge on any atom is -0.405 e. The molecule has 1 aromatic carbocycles. The molecule has 0 spiro atoms. The Bertz CT molecular complexity index is 744. The number of rotatable bonds is 3. The van der Waals surface area contributed by atoms with Crippen LogP contribution in [0.25, 0.3) is 0 Å². The maximum atomic E-state index is 12.8. The zero-order valence-corrected chi connectivity index (χ0v) is 12.8. The van der Waals surface area contributed by atoms with Crippen molar-refractivity contribution in [1.29, 1.82) is 0 Å². The van der Waals surface area contributed by atoms with Gasteiger partial charge in [-0.25, -0.2) is 4.98 Å². The number of likely N-dealkylation sites (tertiary alicyclic amines) is 1. The second kappa shape index (κ2) is 6.14. The Morgan fingerprint density at radius 1 is 1.38 bits per heavy atom. The lowest BCUT2D eigenvalue weighted by molar-refractivity contribution is -0.274. The quantitative estimate of drug-likeness (QED) is 0.932. The molecule has 1 atom stereocenters. The van der Waals surface area contributed by atoms with E-state index >= 15 is 0 Å². The molecule has 0 aliphatic carbocycles. The fraction of sp³-hybridized carbons (Fsp3) is 0.400. The third-order valence-corrected chi connectivity index (χ3v) is 3.77. The third kappa shape index (κ3) is 3.34. The number of alkyl halides is 3. The van der Waals surface area contributed by atoms with E-state index < -0.39 is 18.0 Å². The lowest BCUT2D eigenvalue weighted by atomic mass is 10.1. The van der Waals surface area contributed by atoms with Crippen molar-refractivity contribution in [3.8, 4) is 5.75 Å². The smallest absolute Gasteiger partial charge is 0.405 e. The molecule has 9 heteroatoms. The van der Waals surface area contributed by atoms with Crippen molar-refractivity contribution in [2.45, 2.75) is 32.2 Å². The molecule has 0 saturated carbocycles. The molecule has 6 nitrogen and oxygen atoms in total. The second-order valence-electron chi connectivity index (χ2n) is 5.48. The predicted octanol–water partition coefficient (Wildman–Crippen LogP) is 2.99. The summed E-state index contributed by atoms with van der Waals surface area (Å²) in [6.07, 6.45) is -3.47. The number of nitrogens with one attached hydrogen (secondary N) is 1. The van der Waals surface area contributed by atoms with Crippen molar-refractivity contribution in [1.82, 2.24) is 20.1 Å². The molecule has 1 amide bonds. The van der Waals surface area contributed by atoms with E-state index in [1.54, 1.807) is 6.92 Å². The zero-order chi connectivity index (χ0) is 17.3. The van der Waals surface area contributed by atoms with Crippen LogP contribution in [0.15, 0.2) is 24.3 Å². The van der Waals surface area contributed by atoms with Crippen molar-refractivity contribution in [3.63, 3.8) is 0 Å². The molecule has 1 fully saturated rings. The highest BCUT2D eigenvalue weighted by Crippen LogP contribution is 2.34. The molecule has 2 aromatic rings. The summed E-state index contributed by atoms with van der Waals surface area (Å²) in [5.41, 5.74) is -0.131. The molecule has 1 saturated heterocycles. The van der Waals surface area contributed by atoms with Gasteiger partial charge in [-0.05, 0) is 31.9 Å². The first-order valence-electron chi connectivity index (χ1n) is 7.40. The lowest BCUT2D eigenvalue weighted by Gasteiger charge is -2.23. The fourth-order valence-corrected chi connectivity index (χ4v) is 2.80. The average molecular weight is 340 g/mol. The molecule has 0 bridgehead atoms. The number of amides is 1. The van der Waals surface area contributed by atoms with Crippen LogP contribution in [0, 0.1) is 6.92 Å². The Kier molecular flexibility index (Phi) is 4.16. The number of aromatic nitrogens is 3. The van der Waals surface area contributed by atoms with E-state index in [0.717, 1.165) is 12.5 Å². The van der Waals surface area contributed by atoms with Gasteiger partial charge in [-0.1, -0.05) is 12.1 Å². The first-order valence-corrected chi connectivity index (χ1v) is 7.40. The van der Waals surface area contributed by atoms with Gasteiger partial charge < -0.3 is 9.64 Å². The van der Waals surface area contributed by atoms with Crippen LogP contribution in [0.5, 0.6) is 5.75 Å². The fourth-order valence-electron chi connectivity index (χ4n) is 2.80. The minimum atomic E-state index is -4.86. The zero-order valence-electron chi connectivity index (χ0n) is 12.8. The summed E-state index contributed by atoms with van der Waals surface area (Å²) in [4.78, 5) is 18.5. The lowest BCUT2D eigenvalue weighted by Crippen LogP contribution is -2.32. The van der Waals surface area contributed by atoms with E-state index in [-0.39, 0.29) is 11.6 Å². The molecule has 1 aromatic heterocycles. The van der Waals surface area contributed by atoms with Crippen molar-refractivity contribution < 1.29 is 22.7 Å². The maximum absolute atomic E-state index is 12.8. The van der Waals surface area contributed by atoms with Crippen molar-refractivity contribution in [3.05, 3.63) is 41.5 Å². The molecular formula is C15H15F3N4O2. The summed E-state index contributed by atoms with van der Waals surface area (Å²) < 4.78 is 41.6. The molecule has 1 aliphatic heterocycles. The Morgan fingerprint density at radius 2 is 2.12 bits per heavy atom. The number of para-hydroxylation sites is 1. The Labute approximate surface area is 135 Å². The van der Waals surface area contributed by atoms with E-state index in [0.29, 0.717) is 24.6 Å². The van der Waals surface area contributed by atoms with Gasteiger partial charge in [0.15, 0.2) is 5.82 Å². The van der Waals surface area contributed by atoms with Gasteiger partial charge in [0, 0.05) is 6.54 Å². The molecule has 2 heterocycles. The number of aromatic amines is 1. The summed E-state index contributed by atoms with van der Waals surface area (Å²) in [6.45, 7) is 2.17. The third-order valence-electron chi connectivity index (χ3n) is 3.77. The van der Waals surface area contributed by atoms with E-state index in [9.17, 15) is 18.0 Å². The van der Waals surface area contributed by atoms with Crippen LogP contribution in [-0.2, 0) is 0 Å². The number of H-pyrrole nitrogens is 1. The minimum absolute atomic E-state index is 0.131. The maximum Gasteiger partial charge on any atom is 0.573 e. The number of benzene rings is 1. The standard InChI is InChI=1S/C15H15F3N4O2/c1-9-19-13(21-20-9)11-6-4-8-22(11)14(23)10-5-2-3-7-12(10)24-15(16,17)18/h2-3,5,7,11H,4,6,8H2,1H3,(H,19,20,21)/t11-/m0/s1. The SMILES string of the molecule is Cc1nc([C@@H]2CCCN2C(=O)c2ccccc2OC(F)(F)F)n[nH]1. The van der Waals surface area contributed by atoms with Gasteiger partial charge in [-0.2, -0.15) is 5.10 Å². The van der Waals surface area contributed by atoms with Gasteiger partial charge in [-0.3, -0.25) is 9.89 Å². The summed E-state index contributed by atoms with van der Waals surface area (Å²) in [5.74, 6) is 0.0456.